The average Bonchev–Trinajstić information content (AvgIpc) is 2.28. The highest BCUT2D eigenvalue weighted by atomic mass is 16.4. The number of amides is 1. The molecule has 0 aliphatic heterocycles. The summed E-state index contributed by atoms with van der Waals surface area (Å²) in [5.74, 6) is -0.872. The zero-order valence-electron chi connectivity index (χ0n) is 11.2. The van der Waals surface area contributed by atoms with Crippen molar-refractivity contribution < 1.29 is 14.7 Å². The third-order valence-corrected chi connectivity index (χ3v) is 3.26. The fourth-order valence-corrected chi connectivity index (χ4v) is 2.38. The summed E-state index contributed by atoms with van der Waals surface area (Å²) in [7, 11) is 0. The van der Waals surface area contributed by atoms with Gasteiger partial charge >= 0.3 is 5.97 Å². The number of carboxylic acid groups (broad SMARTS) is 1. The Hall–Kier alpha value is -1.10. The van der Waals surface area contributed by atoms with Crippen LogP contribution < -0.4 is 10.6 Å². The zero-order valence-corrected chi connectivity index (χ0v) is 11.2. The predicted molar refractivity (Wildman–Crippen MR) is 69.3 cm³/mol. The van der Waals surface area contributed by atoms with Crippen LogP contribution in [-0.4, -0.2) is 35.6 Å². The second-order valence-corrected chi connectivity index (χ2v) is 5.33. The molecule has 5 nitrogen and oxygen atoms in total. The molecular weight excluding hydrogens is 232 g/mol. The number of aliphatic carboxylic acids is 1. The molecule has 2 unspecified atom stereocenters. The van der Waals surface area contributed by atoms with Crippen molar-refractivity contribution in [2.45, 2.75) is 58.0 Å². The minimum Gasteiger partial charge on any atom is -0.481 e. The summed E-state index contributed by atoms with van der Waals surface area (Å²) < 4.78 is 0. The van der Waals surface area contributed by atoms with Gasteiger partial charge in [-0.3, -0.25) is 9.59 Å². The van der Waals surface area contributed by atoms with Crippen molar-refractivity contribution in [2.75, 3.05) is 6.54 Å². The molecule has 0 saturated heterocycles. The first-order chi connectivity index (χ1) is 8.49. The van der Waals surface area contributed by atoms with Crippen LogP contribution in [-0.2, 0) is 9.59 Å². The Balaban J connectivity index is 2.19. The van der Waals surface area contributed by atoms with Gasteiger partial charge in [-0.05, 0) is 33.1 Å². The molecule has 1 aliphatic rings. The molecule has 0 aromatic rings. The Bertz CT molecular complexity index is 292. The van der Waals surface area contributed by atoms with Crippen LogP contribution in [0.2, 0.25) is 0 Å². The molecule has 1 aliphatic carbocycles. The van der Waals surface area contributed by atoms with Crippen molar-refractivity contribution in [3.8, 4) is 0 Å². The molecule has 0 radical (unpaired) electrons. The van der Waals surface area contributed by atoms with Gasteiger partial charge in [0.15, 0.2) is 0 Å². The fourth-order valence-electron chi connectivity index (χ4n) is 2.38. The average molecular weight is 256 g/mol. The number of hydrogen-bond acceptors (Lipinski definition) is 3. The number of carbonyl (C=O) groups is 2. The van der Waals surface area contributed by atoms with Gasteiger partial charge in [-0.15, -0.1) is 0 Å². The highest BCUT2D eigenvalue weighted by molar-refractivity contribution is 5.76. The molecule has 1 amide bonds. The largest absolute Gasteiger partial charge is 0.481 e. The first kappa shape index (κ1) is 15.0. The smallest absolute Gasteiger partial charge is 0.306 e. The number of carboxylic acids is 1. The van der Waals surface area contributed by atoms with Crippen LogP contribution in [0.5, 0.6) is 0 Å². The maximum absolute atomic E-state index is 11.4. The molecule has 1 rings (SSSR count). The molecular formula is C13H24N2O3. The van der Waals surface area contributed by atoms with E-state index in [-0.39, 0.29) is 23.9 Å². The number of nitrogens with one attached hydrogen (secondary N) is 2. The van der Waals surface area contributed by atoms with Gasteiger partial charge in [0.1, 0.15) is 0 Å². The van der Waals surface area contributed by atoms with E-state index in [9.17, 15) is 9.59 Å². The predicted octanol–water partition coefficient (Wildman–Crippen LogP) is 1.13. The second kappa shape index (κ2) is 7.36. The van der Waals surface area contributed by atoms with Gasteiger partial charge in [0.05, 0.1) is 5.92 Å². The Morgan fingerprint density at radius 1 is 1.33 bits per heavy atom. The lowest BCUT2D eigenvalue weighted by atomic mass is 9.86. The minimum atomic E-state index is -0.695. The maximum Gasteiger partial charge on any atom is 0.306 e. The highest BCUT2D eigenvalue weighted by Gasteiger charge is 2.26. The first-order valence-corrected chi connectivity index (χ1v) is 6.74. The van der Waals surface area contributed by atoms with Crippen LogP contribution in [0.3, 0.4) is 0 Å². The van der Waals surface area contributed by atoms with E-state index in [2.05, 4.69) is 10.6 Å². The van der Waals surface area contributed by atoms with Gasteiger partial charge in [0, 0.05) is 25.0 Å². The van der Waals surface area contributed by atoms with Gasteiger partial charge in [0.25, 0.3) is 0 Å². The van der Waals surface area contributed by atoms with Crippen LogP contribution in [0, 0.1) is 5.92 Å². The number of carbonyl (C=O) groups excluding carboxylic acids is 1. The van der Waals surface area contributed by atoms with Gasteiger partial charge < -0.3 is 15.7 Å². The number of rotatable bonds is 6. The molecule has 0 bridgehead atoms. The van der Waals surface area contributed by atoms with Crippen molar-refractivity contribution in [3.63, 3.8) is 0 Å². The van der Waals surface area contributed by atoms with Crippen LogP contribution in [0.4, 0.5) is 0 Å². The molecule has 3 N–H and O–H groups in total. The third kappa shape index (κ3) is 5.49. The highest BCUT2D eigenvalue weighted by Crippen LogP contribution is 2.24. The molecule has 18 heavy (non-hydrogen) atoms. The Kier molecular flexibility index (Phi) is 6.12. The van der Waals surface area contributed by atoms with Crippen molar-refractivity contribution in [1.82, 2.24) is 10.6 Å². The van der Waals surface area contributed by atoms with Crippen LogP contribution in [0.25, 0.3) is 0 Å². The summed E-state index contributed by atoms with van der Waals surface area (Å²) in [5, 5.41) is 15.1. The monoisotopic (exact) mass is 256 g/mol. The molecule has 104 valence electrons. The molecule has 1 fully saturated rings. The van der Waals surface area contributed by atoms with Crippen LogP contribution >= 0.6 is 0 Å². The maximum atomic E-state index is 11.4. The third-order valence-electron chi connectivity index (χ3n) is 3.26. The van der Waals surface area contributed by atoms with E-state index in [4.69, 9.17) is 5.11 Å². The van der Waals surface area contributed by atoms with E-state index < -0.39 is 5.97 Å². The quantitative estimate of drug-likeness (QED) is 0.666. The summed E-state index contributed by atoms with van der Waals surface area (Å²) in [6.07, 6.45) is 3.87. The Morgan fingerprint density at radius 3 is 2.67 bits per heavy atom. The second-order valence-electron chi connectivity index (χ2n) is 5.33. The molecule has 0 aromatic heterocycles. The Labute approximate surface area is 108 Å². The van der Waals surface area contributed by atoms with Crippen molar-refractivity contribution in [1.29, 1.82) is 0 Å². The normalized spacial score (nSPS) is 23.9. The van der Waals surface area contributed by atoms with E-state index in [0.717, 1.165) is 19.3 Å². The molecule has 0 heterocycles. The van der Waals surface area contributed by atoms with Crippen LogP contribution in [0.1, 0.15) is 46.0 Å². The van der Waals surface area contributed by atoms with Gasteiger partial charge in [0.2, 0.25) is 5.91 Å². The van der Waals surface area contributed by atoms with Gasteiger partial charge in [-0.1, -0.05) is 6.42 Å². The van der Waals surface area contributed by atoms with Gasteiger partial charge in [-0.25, -0.2) is 0 Å². The van der Waals surface area contributed by atoms with E-state index in [1.165, 1.54) is 0 Å². The lowest BCUT2D eigenvalue weighted by molar-refractivity contribution is -0.143. The summed E-state index contributed by atoms with van der Waals surface area (Å²) in [6, 6.07) is 0.412. The lowest BCUT2D eigenvalue weighted by Crippen LogP contribution is -2.39. The topological polar surface area (TPSA) is 78.4 Å². The van der Waals surface area contributed by atoms with E-state index in [1.807, 2.05) is 13.8 Å². The molecule has 0 spiro atoms. The van der Waals surface area contributed by atoms with E-state index in [1.54, 1.807) is 0 Å². The summed E-state index contributed by atoms with van der Waals surface area (Å²) in [4.78, 5) is 22.3. The fraction of sp³-hybridized carbons (Fsp3) is 0.846. The summed E-state index contributed by atoms with van der Waals surface area (Å²) >= 11 is 0. The standard InChI is InChI=1S/C13H24N2O3/c1-9(2)15-12(16)6-7-14-11-5-3-4-10(8-11)13(17)18/h9-11,14H,3-8H2,1-2H3,(H,15,16)(H,17,18). The van der Waals surface area contributed by atoms with Crippen molar-refractivity contribution in [3.05, 3.63) is 0 Å². The number of hydrogen-bond donors (Lipinski definition) is 3. The molecule has 0 aromatic carbocycles. The minimum absolute atomic E-state index is 0.0445. The molecule has 5 heteroatoms. The molecule has 1 saturated carbocycles. The summed E-state index contributed by atoms with van der Waals surface area (Å²) in [6.45, 7) is 4.49. The first-order valence-electron chi connectivity index (χ1n) is 6.74. The lowest BCUT2D eigenvalue weighted by Gasteiger charge is -2.27. The van der Waals surface area contributed by atoms with Crippen molar-refractivity contribution in [2.24, 2.45) is 5.92 Å². The molecule has 2 atom stereocenters. The summed E-state index contributed by atoms with van der Waals surface area (Å²) in [5.41, 5.74) is 0. The Morgan fingerprint density at radius 2 is 2.06 bits per heavy atom. The van der Waals surface area contributed by atoms with Gasteiger partial charge in [-0.2, -0.15) is 0 Å². The zero-order chi connectivity index (χ0) is 13.5. The van der Waals surface area contributed by atoms with E-state index >= 15 is 0 Å². The van der Waals surface area contributed by atoms with Crippen LogP contribution in [0.15, 0.2) is 0 Å². The van der Waals surface area contributed by atoms with Crippen molar-refractivity contribution >= 4 is 11.9 Å². The SMILES string of the molecule is CC(C)NC(=O)CCNC1CCCC(C(=O)O)C1. The van der Waals surface area contributed by atoms with E-state index in [0.29, 0.717) is 19.4 Å².